The molecule has 0 aromatic carbocycles. The monoisotopic (exact) mass is 221 g/mol. The Morgan fingerprint density at radius 1 is 1.50 bits per heavy atom. The van der Waals surface area contributed by atoms with E-state index in [1.165, 1.54) is 0 Å². The fourth-order valence-electron chi connectivity index (χ4n) is 1.42. The molecule has 0 aliphatic heterocycles. The van der Waals surface area contributed by atoms with Crippen molar-refractivity contribution in [1.29, 1.82) is 0 Å². The molecule has 0 aliphatic rings. The number of hydrogen-bond acceptors (Lipinski definition) is 3. The Hall–Kier alpha value is -1.58. The van der Waals surface area contributed by atoms with Gasteiger partial charge in [0.25, 0.3) is 5.91 Å². The lowest BCUT2D eigenvalue weighted by Gasteiger charge is -2.29. The maximum absolute atomic E-state index is 11.0. The van der Waals surface area contributed by atoms with Crippen molar-refractivity contribution in [2.24, 2.45) is 5.73 Å². The van der Waals surface area contributed by atoms with E-state index in [2.05, 4.69) is 31.1 Å². The van der Waals surface area contributed by atoms with E-state index in [-0.39, 0.29) is 5.54 Å². The molecule has 88 valence electrons. The second-order valence-corrected chi connectivity index (χ2v) is 4.19. The molecular formula is C12H19N3O. The number of nitrogens with two attached hydrogens (primary N) is 1. The molecule has 1 aromatic rings. The van der Waals surface area contributed by atoms with Crippen LogP contribution < -0.4 is 11.1 Å². The largest absolute Gasteiger partial charge is 0.380 e. The summed E-state index contributed by atoms with van der Waals surface area (Å²) in [6, 6.07) is 3.53. The third-order valence-electron chi connectivity index (χ3n) is 3.02. The van der Waals surface area contributed by atoms with E-state index >= 15 is 0 Å². The number of carbonyl (C=O) groups excluding carboxylic acids is 1. The first-order valence-corrected chi connectivity index (χ1v) is 5.55. The van der Waals surface area contributed by atoms with Gasteiger partial charge in [0.1, 0.15) is 5.69 Å². The van der Waals surface area contributed by atoms with Gasteiger partial charge in [-0.3, -0.25) is 9.78 Å². The summed E-state index contributed by atoms with van der Waals surface area (Å²) in [4.78, 5) is 14.9. The van der Waals surface area contributed by atoms with Crippen molar-refractivity contribution in [2.45, 2.75) is 39.2 Å². The SMILES string of the molecule is CCC(C)(CC)Nc1ccnc(C(N)=O)c1. The van der Waals surface area contributed by atoms with Crippen LogP contribution in [0.3, 0.4) is 0 Å². The number of pyridine rings is 1. The fourth-order valence-corrected chi connectivity index (χ4v) is 1.42. The molecule has 3 N–H and O–H groups in total. The Morgan fingerprint density at radius 3 is 2.62 bits per heavy atom. The number of aromatic nitrogens is 1. The van der Waals surface area contributed by atoms with Crippen LogP contribution in [-0.4, -0.2) is 16.4 Å². The number of hydrogen-bond donors (Lipinski definition) is 2. The predicted octanol–water partition coefficient (Wildman–Crippen LogP) is 2.17. The molecule has 0 spiro atoms. The van der Waals surface area contributed by atoms with Crippen LogP contribution in [0, 0.1) is 0 Å². The number of rotatable bonds is 5. The van der Waals surface area contributed by atoms with Gasteiger partial charge in [0.15, 0.2) is 0 Å². The second kappa shape index (κ2) is 4.96. The lowest BCUT2D eigenvalue weighted by molar-refractivity contribution is 0.0995. The van der Waals surface area contributed by atoms with Crippen molar-refractivity contribution in [3.63, 3.8) is 0 Å². The summed E-state index contributed by atoms with van der Waals surface area (Å²) in [6.07, 6.45) is 3.61. The van der Waals surface area contributed by atoms with Crippen LogP contribution >= 0.6 is 0 Å². The Bertz CT molecular complexity index is 372. The van der Waals surface area contributed by atoms with Crippen LogP contribution in [0.5, 0.6) is 0 Å². The number of carbonyl (C=O) groups is 1. The molecule has 0 aliphatic carbocycles. The minimum Gasteiger partial charge on any atom is -0.380 e. The molecule has 0 saturated carbocycles. The maximum Gasteiger partial charge on any atom is 0.267 e. The summed E-state index contributed by atoms with van der Waals surface area (Å²) in [7, 11) is 0. The molecule has 1 heterocycles. The molecule has 4 heteroatoms. The van der Waals surface area contributed by atoms with E-state index in [1.54, 1.807) is 12.3 Å². The number of primary amides is 1. The minimum absolute atomic E-state index is 0.0380. The highest BCUT2D eigenvalue weighted by Crippen LogP contribution is 2.21. The molecule has 16 heavy (non-hydrogen) atoms. The third-order valence-corrected chi connectivity index (χ3v) is 3.02. The molecular weight excluding hydrogens is 202 g/mol. The number of anilines is 1. The summed E-state index contributed by atoms with van der Waals surface area (Å²) >= 11 is 0. The topological polar surface area (TPSA) is 68.0 Å². The van der Waals surface area contributed by atoms with Crippen molar-refractivity contribution < 1.29 is 4.79 Å². The first-order valence-electron chi connectivity index (χ1n) is 5.55. The zero-order valence-corrected chi connectivity index (χ0v) is 10.1. The summed E-state index contributed by atoms with van der Waals surface area (Å²) in [6.45, 7) is 6.41. The average molecular weight is 221 g/mol. The van der Waals surface area contributed by atoms with E-state index in [1.807, 2.05) is 6.07 Å². The standard InChI is InChI=1S/C12H19N3O/c1-4-12(3,5-2)15-9-6-7-14-10(8-9)11(13)16/h6-8H,4-5H2,1-3H3,(H2,13,16)(H,14,15). The van der Waals surface area contributed by atoms with E-state index in [0.717, 1.165) is 18.5 Å². The smallest absolute Gasteiger partial charge is 0.267 e. The predicted molar refractivity (Wildman–Crippen MR) is 65.4 cm³/mol. The van der Waals surface area contributed by atoms with Crippen LogP contribution in [0.25, 0.3) is 0 Å². The Labute approximate surface area is 96.3 Å². The van der Waals surface area contributed by atoms with Crippen molar-refractivity contribution >= 4 is 11.6 Å². The van der Waals surface area contributed by atoms with Crippen LogP contribution in [0.4, 0.5) is 5.69 Å². The second-order valence-electron chi connectivity index (χ2n) is 4.19. The molecule has 0 bridgehead atoms. The highest BCUT2D eigenvalue weighted by molar-refractivity contribution is 5.91. The Morgan fingerprint density at radius 2 is 2.12 bits per heavy atom. The van der Waals surface area contributed by atoms with Gasteiger partial charge in [0.2, 0.25) is 0 Å². The van der Waals surface area contributed by atoms with Gasteiger partial charge in [-0.2, -0.15) is 0 Å². The van der Waals surface area contributed by atoms with Gasteiger partial charge in [-0.25, -0.2) is 0 Å². The summed E-state index contributed by atoms with van der Waals surface area (Å²) in [5, 5.41) is 3.40. The first-order chi connectivity index (χ1) is 7.50. The van der Waals surface area contributed by atoms with Gasteiger partial charge in [-0.1, -0.05) is 13.8 Å². The van der Waals surface area contributed by atoms with Gasteiger partial charge < -0.3 is 11.1 Å². The van der Waals surface area contributed by atoms with Crippen molar-refractivity contribution in [3.8, 4) is 0 Å². The molecule has 0 atom stereocenters. The van der Waals surface area contributed by atoms with Gasteiger partial charge in [0.05, 0.1) is 0 Å². The Balaban J connectivity index is 2.89. The number of amides is 1. The van der Waals surface area contributed by atoms with E-state index in [9.17, 15) is 4.79 Å². The van der Waals surface area contributed by atoms with E-state index in [4.69, 9.17) is 5.73 Å². The lowest BCUT2D eigenvalue weighted by atomic mass is 9.95. The van der Waals surface area contributed by atoms with Gasteiger partial charge in [-0.15, -0.1) is 0 Å². The van der Waals surface area contributed by atoms with Crippen LogP contribution in [-0.2, 0) is 0 Å². The molecule has 4 nitrogen and oxygen atoms in total. The quantitative estimate of drug-likeness (QED) is 0.800. The highest BCUT2D eigenvalue weighted by atomic mass is 16.1. The lowest BCUT2D eigenvalue weighted by Crippen LogP contribution is -2.33. The molecule has 0 fully saturated rings. The zero-order valence-electron chi connectivity index (χ0n) is 10.1. The summed E-state index contributed by atoms with van der Waals surface area (Å²) in [5.41, 5.74) is 6.40. The number of nitrogens with one attached hydrogen (secondary N) is 1. The minimum atomic E-state index is -0.502. The van der Waals surface area contributed by atoms with Crippen molar-refractivity contribution in [2.75, 3.05) is 5.32 Å². The van der Waals surface area contributed by atoms with Crippen molar-refractivity contribution in [1.82, 2.24) is 4.98 Å². The number of nitrogens with zero attached hydrogens (tertiary/aromatic N) is 1. The molecule has 1 rings (SSSR count). The molecule has 1 aromatic heterocycles. The fraction of sp³-hybridized carbons (Fsp3) is 0.500. The Kier molecular flexibility index (Phi) is 3.88. The van der Waals surface area contributed by atoms with Crippen LogP contribution in [0.15, 0.2) is 18.3 Å². The van der Waals surface area contributed by atoms with E-state index in [0.29, 0.717) is 5.69 Å². The van der Waals surface area contributed by atoms with Gasteiger partial charge >= 0.3 is 0 Å². The molecule has 1 amide bonds. The van der Waals surface area contributed by atoms with E-state index < -0.39 is 5.91 Å². The highest BCUT2D eigenvalue weighted by Gasteiger charge is 2.19. The van der Waals surface area contributed by atoms with Gasteiger partial charge in [0, 0.05) is 17.4 Å². The summed E-state index contributed by atoms with van der Waals surface area (Å²) in [5.74, 6) is -0.502. The maximum atomic E-state index is 11.0. The molecule has 0 saturated heterocycles. The zero-order chi connectivity index (χ0) is 12.2. The van der Waals surface area contributed by atoms with Crippen LogP contribution in [0.2, 0.25) is 0 Å². The summed E-state index contributed by atoms with van der Waals surface area (Å²) < 4.78 is 0. The first kappa shape index (κ1) is 12.5. The normalized spacial score (nSPS) is 11.2. The molecule has 0 unspecified atom stereocenters. The third kappa shape index (κ3) is 2.95. The molecule has 0 radical (unpaired) electrons. The van der Waals surface area contributed by atoms with Gasteiger partial charge in [-0.05, 0) is 31.9 Å². The average Bonchev–Trinajstić information content (AvgIpc) is 2.29. The van der Waals surface area contributed by atoms with Crippen LogP contribution in [0.1, 0.15) is 44.1 Å². The van der Waals surface area contributed by atoms with Crippen molar-refractivity contribution in [3.05, 3.63) is 24.0 Å².